The molecule has 0 unspecified atom stereocenters. The van der Waals surface area contributed by atoms with E-state index >= 15 is 0 Å². The number of thioether (sulfide) groups is 1. The lowest BCUT2D eigenvalue weighted by Crippen LogP contribution is -2.41. The summed E-state index contributed by atoms with van der Waals surface area (Å²) < 4.78 is 15.8. The monoisotopic (exact) mass is 480 g/mol. The van der Waals surface area contributed by atoms with E-state index in [1.807, 2.05) is 13.0 Å². The molecule has 1 N–H and O–H groups in total. The van der Waals surface area contributed by atoms with Crippen LogP contribution in [0.1, 0.15) is 34.7 Å². The topological polar surface area (TPSA) is 107 Å². The number of likely N-dealkylation sites (tertiary alicyclic amines) is 1. The van der Waals surface area contributed by atoms with Gasteiger partial charge in [-0.2, -0.15) is 0 Å². The van der Waals surface area contributed by atoms with Crippen molar-refractivity contribution in [3.8, 4) is 11.5 Å². The van der Waals surface area contributed by atoms with Crippen LogP contribution in [-0.2, 0) is 10.5 Å². The number of benzene rings is 1. The van der Waals surface area contributed by atoms with E-state index < -0.39 is 0 Å². The predicted octanol–water partition coefficient (Wildman–Crippen LogP) is 3.89. The molecule has 0 aliphatic carbocycles. The number of ether oxygens (including phenoxy) is 2. The number of anilines is 1. The molecule has 5 rings (SSSR count). The van der Waals surface area contributed by atoms with Gasteiger partial charge in [0.2, 0.25) is 12.7 Å². The van der Waals surface area contributed by atoms with Crippen molar-refractivity contribution in [2.45, 2.75) is 30.5 Å². The van der Waals surface area contributed by atoms with E-state index in [1.54, 1.807) is 41.4 Å². The van der Waals surface area contributed by atoms with Crippen LogP contribution in [0.2, 0.25) is 0 Å². The first-order valence-corrected chi connectivity index (χ1v) is 12.0. The second-order valence-corrected chi connectivity index (χ2v) is 9.16. The third-order valence-corrected chi connectivity index (χ3v) is 6.87. The summed E-state index contributed by atoms with van der Waals surface area (Å²) in [4.78, 5) is 32.2. The van der Waals surface area contributed by atoms with Crippen molar-refractivity contribution in [1.82, 2.24) is 15.0 Å². The Bertz CT molecular complexity index is 1210. The maximum atomic E-state index is 13.2. The van der Waals surface area contributed by atoms with Crippen molar-refractivity contribution in [2.24, 2.45) is 5.92 Å². The van der Waals surface area contributed by atoms with E-state index in [1.165, 1.54) is 11.8 Å². The highest BCUT2D eigenvalue weighted by Gasteiger charge is 2.29. The molecule has 176 valence electrons. The lowest BCUT2D eigenvalue weighted by atomic mass is 9.95. The number of carbonyl (C=O) groups excluding carboxylic acids is 2. The highest BCUT2D eigenvalue weighted by Crippen LogP contribution is 2.34. The largest absolute Gasteiger partial charge is 0.454 e. The number of piperidine rings is 1. The number of rotatable bonds is 6. The lowest BCUT2D eigenvalue weighted by molar-refractivity contribution is -0.121. The summed E-state index contributed by atoms with van der Waals surface area (Å²) in [6.07, 6.45) is 2.88. The molecular formula is C24H24N4O5S. The summed E-state index contributed by atoms with van der Waals surface area (Å²) in [5, 5.41) is 7.62. The third-order valence-electron chi connectivity index (χ3n) is 5.83. The summed E-state index contributed by atoms with van der Waals surface area (Å²) in [6.45, 7) is 3.06. The summed E-state index contributed by atoms with van der Waals surface area (Å²) in [7, 11) is 0. The fourth-order valence-electron chi connectivity index (χ4n) is 4.03. The average Bonchev–Trinajstić information content (AvgIpc) is 3.51. The van der Waals surface area contributed by atoms with Crippen LogP contribution in [-0.4, -0.2) is 46.7 Å². The molecule has 2 aliphatic heterocycles. The van der Waals surface area contributed by atoms with Gasteiger partial charge < -0.3 is 24.2 Å². The van der Waals surface area contributed by atoms with Crippen LogP contribution in [0.5, 0.6) is 11.5 Å². The number of pyridine rings is 1. The van der Waals surface area contributed by atoms with Crippen molar-refractivity contribution in [2.75, 3.05) is 25.2 Å². The zero-order chi connectivity index (χ0) is 23.5. The zero-order valence-corrected chi connectivity index (χ0v) is 19.5. The van der Waals surface area contributed by atoms with Crippen LogP contribution in [0.4, 0.5) is 5.69 Å². The SMILES string of the molecule is Cc1cc(CSc2ncccc2C(=O)N2CCC(C(=O)Nc3ccc4c(c3)OCO4)CC2)no1. The molecule has 0 bridgehead atoms. The second-order valence-electron chi connectivity index (χ2n) is 8.20. The quantitative estimate of drug-likeness (QED) is 0.530. The molecule has 0 spiro atoms. The minimum Gasteiger partial charge on any atom is -0.454 e. The third kappa shape index (κ3) is 4.86. The predicted molar refractivity (Wildman–Crippen MR) is 125 cm³/mol. The molecule has 4 heterocycles. The molecule has 2 amide bonds. The van der Waals surface area contributed by atoms with Crippen molar-refractivity contribution in [3.05, 3.63) is 59.6 Å². The summed E-state index contributed by atoms with van der Waals surface area (Å²) in [6, 6.07) is 10.8. The fraction of sp³-hybridized carbons (Fsp3) is 0.333. The minimum atomic E-state index is -0.160. The molecule has 1 aromatic carbocycles. The summed E-state index contributed by atoms with van der Waals surface area (Å²) >= 11 is 1.46. The van der Waals surface area contributed by atoms with E-state index in [9.17, 15) is 9.59 Å². The Labute approximate surface area is 200 Å². The molecule has 1 saturated heterocycles. The molecule has 2 aliphatic rings. The number of carbonyl (C=O) groups is 2. The molecule has 3 aromatic rings. The van der Waals surface area contributed by atoms with Gasteiger partial charge in [0.05, 0.1) is 11.3 Å². The molecular weight excluding hydrogens is 456 g/mol. The summed E-state index contributed by atoms with van der Waals surface area (Å²) in [5.74, 6) is 2.34. The number of aromatic nitrogens is 2. The minimum absolute atomic E-state index is 0.0495. The van der Waals surface area contributed by atoms with E-state index in [0.717, 1.165) is 11.5 Å². The Kier molecular flexibility index (Phi) is 6.39. The van der Waals surface area contributed by atoms with E-state index in [-0.39, 0.29) is 24.5 Å². The molecule has 2 aromatic heterocycles. The van der Waals surface area contributed by atoms with Gasteiger partial charge in [0.1, 0.15) is 10.8 Å². The molecule has 34 heavy (non-hydrogen) atoms. The first-order chi connectivity index (χ1) is 16.6. The molecule has 9 nitrogen and oxygen atoms in total. The van der Waals surface area contributed by atoms with Gasteiger partial charge in [-0.05, 0) is 44.0 Å². The molecule has 0 atom stereocenters. The van der Waals surface area contributed by atoms with Gasteiger partial charge in [0.15, 0.2) is 11.5 Å². The Morgan fingerprint density at radius 1 is 1.15 bits per heavy atom. The maximum absolute atomic E-state index is 13.2. The fourth-order valence-corrected chi connectivity index (χ4v) is 4.90. The van der Waals surface area contributed by atoms with Crippen LogP contribution in [0.25, 0.3) is 0 Å². The average molecular weight is 481 g/mol. The number of nitrogens with one attached hydrogen (secondary N) is 1. The van der Waals surface area contributed by atoms with Crippen LogP contribution < -0.4 is 14.8 Å². The number of amides is 2. The molecule has 0 radical (unpaired) electrons. The van der Waals surface area contributed by atoms with Crippen LogP contribution in [0.3, 0.4) is 0 Å². The van der Waals surface area contributed by atoms with Crippen molar-refractivity contribution < 1.29 is 23.6 Å². The van der Waals surface area contributed by atoms with Gasteiger partial charge in [0.25, 0.3) is 5.91 Å². The summed E-state index contributed by atoms with van der Waals surface area (Å²) in [5.41, 5.74) is 2.05. The highest BCUT2D eigenvalue weighted by molar-refractivity contribution is 7.98. The Hall–Kier alpha value is -3.53. The normalized spacial score (nSPS) is 15.4. The number of hydrogen-bond donors (Lipinski definition) is 1. The molecule has 10 heteroatoms. The Morgan fingerprint density at radius 3 is 2.76 bits per heavy atom. The number of fused-ring (bicyclic) bond motifs is 1. The zero-order valence-electron chi connectivity index (χ0n) is 18.7. The second kappa shape index (κ2) is 9.76. The van der Waals surface area contributed by atoms with Gasteiger partial charge in [-0.1, -0.05) is 16.9 Å². The van der Waals surface area contributed by atoms with Crippen molar-refractivity contribution in [3.63, 3.8) is 0 Å². The first kappa shape index (κ1) is 22.3. The highest BCUT2D eigenvalue weighted by atomic mass is 32.2. The Morgan fingerprint density at radius 2 is 1.97 bits per heavy atom. The van der Waals surface area contributed by atoms with Gasteiger partial charge in [-0.15, -0.1) is 0 Å². The van der Waals surface area contributed by atoms with Gasteiger partial charge in [0, 0.05) is 48.8 Å². The van der Waals surface area contributed by atoms with E-state index in [0.29, 0.717) is 59.5 Å². The molecule has 1 fully saturated rings. The Balaban J connectivity index is 1.17. The van der Waals surface area contributed by atoms with Crippen LogP contribution in [0, 0.1) is 12.8 Å². The van der Waals surface area contributed by atoms with Crippen molar-refractivity contribution in [1.29, 1.82) is 0 Å². The number of hydrogen-bond acceptors (Lipinski definition) is 8. The van der Waals surface area contributed by atoms with E-state index in [2.05, 4.69) is 15.5 Å². The maximum Gasteiger partial charge on any atom is 0.256 e. The van der Waals surface area contributed by atoms with Gasteiger partial charge >= 0.3 is 0 Å². The van der Waals surface area contributed by atoms with Crippen LogP contribution in [0.15, 0.2) is 52.1 Å². The number of aryl methyl sites for hydroxylation is 1. The number of nitrogens with zero attached hydrogens (tertiary/aromatic N) is 3. The van der Waals surface area contributed by atoms with Crippen molar-refractivity contribution >= 4 is 29.3 Å². The van der Waals surface area contributed by atoms with E-state index in [4.69, 9.17) is 14.0 Å². The molecule has 0 saturated carbocycles. The van der Waals surface area contributed by atoms with Gasteiger partial charge in [-0.3, -0.25) is 9.59 Å². The van der Waals surface area contributed by atoms with Gasteiger partial charge in [-0.25, -0.2) is 4.98 Å². The van der Waals surface area contributed by atoms with Crippen LogP contribution >= 0.6 is 11.8 Å². The standard InChI is InChI=1S/C24H24N4O5S/c1-15-11-18(27-33-15)13-34-23-19(3-2-8-25-23)24(30)28-9-6-16(7-10-28)22(29)26-17-4-5-20-21(12-17)32-14-31-20/h2-5,8,11-12,16H,6-7,9-10,13-14H2,1H3,(H,26,29). The first-order valence-electron chi connectivity index (χ1n) is 11.1. The lowest BCUT2D eigenvalue weighted by Gasteiger charge is -2.31. The smallest absolute Gasteiger partial charge is 0.256 e.